The number of sulfone groups is 1. The van der Waals surface area contributed by atoms with Gasteiger partial charge < -0.3 is 10.2 Å². The molecule has 0 amide bonds. The topological polar surface area (TPSA) is 128 Å². The number of hydrogen-bond acceptors (Lipinski definition) is 11. The van der Waals surface area contributed by atoms with Gasteiger partial charge in [-0.05, 0) is 131 Å². The van der Waals surface area contributed by atoms with Crippen LogP contribution in [0.2, 0.25) is 5.02 Å². The molecule has 2 aliphatic rings. The van der Waals surface area contributed by atoms with E-state index in [1.54, 1.807) is 18.2 Å². The number of piperidine rings is 1. The van der Waals surface area contributed by atoms with Crippen LogP contribution in [0.3, 0.4) is 0 Å². The molecule has 1 saturated heterocycles. The molecule has 2 aliphatic heterocycles. The fourth-order valence-electron chi connectivity index (χ4n) is 7.91. The van der Waals surface area contributed by atoms with Crippen molar-refractivity contribution in [1.82, 2.24) is 24.7 Å². The predicted octanol–water partition coefficient (Wildman–Crippen LogP) is 9.36. The molecule has 7 rings (SSSR count). The van der Waals surface area contributed by atoms with E-state index in [0.717, 1.165) is 33.7 Å². The number of anilines is 2. The molecule has 0 unspecified atom stereocenters. The lowest BCUT2D eigenvalue weighted by molar-refractivity contribution is -0.0435. The van der Waals surface area contributed by atoms with Crippen molar-refractivity contribution in [3.63, 3.8) is 0 Å². The molecule has 5 aromatic rings. The Morgan fingerprint density at radius 1 is 0.954 bits per heavy atom. The maximum atomic E-state index is 14.5. The van der Waals surface area contributed by atoms with Gasteiger partial charge in [-0.15, -0.1) is 11.8 Å². The second kappa shape index (κ2) is 20.7. The highest BCUT2D eigenvalue weighted by Crippen LogP contribution is 2.38. The normalized spacial score (nSPS) is 16.9. The van der Waals surface area contributed by atoms with Crippen LogP contribution in [0.1, 0.15) is 51.3 Å². The molecule has 0 radical (unpaired) electrons. The molecule has 2 N–H and O–H groups in total. The second-order valence-electron chi connectivity index (χ2n) is 16.5. The van der Waals surface area contributed by atoms with E-state index in [9.17, 15) is 35.8 Å². The first kappa shape index (κ1) is 47.2. The third-order valence-corrected chi connectivity index (χ3v) is 16.1. The van der Waals surface area contributed by atoms with Crippen LogP contribution in [0.4, 0.5) is 29.1 Å². The highest BCUT2D eigenvalue weighted by molar-refractivity contribution is 7.99. The number of fused-ring (bicyclic) bond motifs is 1. The molecule has 0 saturated carbocycles. The van der Waals surface area contributed by atoms with Crippen molar-refractivity contribution in [3.8, 4) is 11.1 Å². The maximum Gasteiger partial charge on any atom is 0.501 e. The summed E-state index contributed by atoms with van der Waals surface area (Å²) < 4.78 is 123. The van der Waals surface area contributed by atoms with Crippen LogP contribution in [0.5, 0.6) is 0 Å². The third kappa shape index (κ3) is 12.0. The van der Waals surface area contributed by atoms with E-state index < -0.39 is 47.2 Å². The fraction of sp³-hybridized carbons (Fsp3) is 0.391. The molecule has 0 aliphatic carbocycles. The van der Waals surface area contributed by atoms with E-state index in [-0.39, 0.29) is 36.3 Å². The summed E-state index contributed by atoms with van der Waals surface area (Å²) >= 11 is 7.56. The van der Waals surface area contributed by atoms with Crippen LogP contribution in [0.15, 0.2) is 112 Å². The Balaban J connectivity index is 1.06. The van der Waals surface area contributed by atoms with Gasteiger partial charge in [0.05, 0.1) is 16.3 Å². The van der Waals surface area contributed by atoms with Gasteiger partial charge in [0.1, 0.15) is 22.9 Å². The van der Waals surface area contributed by atoms with Crippen LogP contribution in [0.25, 0.3) is 11.1 Å². The van der Waals surface area contributed by atoms with Crippen LogP contribution in [0, 0.1) is 5.82 Å². The molecule has 11 nitrogen and oxygen atoms in total. The molecule has 0 spiro atoms. The standard InChI is InChI=1S/C46H52ClF4N7O4S3/c1-31(2)56(3)21-17-36(29-63-38-7-5-4-6-8-38)54-42-16-14-39(26-44(42)64(59,60)46(49,50)51)65(61,62)55-45-41-20-24-58(28-43(41)52-30-53-45)37-18-22-57(23-19-37)27-33-25-35(48)13-15-40(33)32-9-11-34(47)12-10-32/h4-16,25-26,30-31,36-37,54H,17-24,27-29H2,1-3H3,(H,52,53,55)/t36-/m1/s1/i37D. The molecular formula is C46H52ClF4N7O4S3. The minimum atomic E-state index is -6.04. The summed E-state index contributed by atoms with van der Waals surface area (Å²) in [6, 6.07) is 22.8. The summed E-state index contributed by atoms with van der Waals surface area (Å²) in [5.74, 6) is -0.0498. The molecule has 1 fully saturated rings. The van der Waals surface area contributed by atoms with Crippen LogP contribution < -0.4 is 10.0 Å². The van der Waals surface area contributed by atoms with Crippen molar-refractivity contribution < 1.29 is 35.8 Å². The van der Waals surface area contributed by atoms with Crippen molar-refractivity contribution >= 4 is 54.7 Å². The molecule has 1 atom stereocenters. The zero-order valence-electron chi connectivity index (χ0n) is 37.2. The zero-order chi connectivity index (χ0) is 47.4. The summed E-state index contributed by atoms with van der Waals surface area (Å²) in [4.78, 5) is 13.9. The number of likely N-dealkylation sites (tertiary alicyclic amines) is 1. The Bertz CT molecular complexity index is 2720. The fourth-order valence-corrected chi connectivity index (χ4v) is 11.1. The SMILES string of the molecule is [2H]C1(N2CCc3c(ncnc3NS(=O)(=O)c3ccc(N[C@H](CCN(C)C(C)C)CSc4ccccc4)c(S(=O)(=O)C(F)(F)F)c3)C2)CCN(Cc2cc(F)ccc2-c2ccc(Cl)cc2)CC1. The lowest BCUT2D eigenvalue weighted by Crippen LogP contribution is -2.46. The Labute approximate surface area is 389 Å². The largest absolute Gasteiger partial charge is 0.501 e. The number of nitrogens with one attached hydrogen (secondary N) is 2. The quantitative estimate of drug-likeness (QED) is 0.0684. The van der Waals surface area contributed by atoms with Crippen molar-refractivity contribution in [1.29, 1.82) is 0 Å². The molecule has 0 bridgehead atoms. The third-order valence-electron chi connectivity index (χ3n) is 11.9. The minimum absolute atomic E-state index is 0.0882. The average molecular weight is 976 g/mol. The highest BCUT2D eigenvalue weighted by Gasteiger charge is 2.48. The number of benzene rings is 4. The average Bonchev–Trinajstić information content (AvgIpc) is 3.28. The number of nitrogens with zero attached hydrogens (tertiary/aromatic N) is 5. The Morgan fingerprint density at radius 2 is 1.68 bits per heavy atom. The van der Waals surface area contributed by atoms with Gasteiger partial charge in [-0.2, -0.15) is 13.2 Å². The minimum Gasteiger partial charge on any atom is -0.380 e. The number of sulfonamides is 1. The van der Waals surface area contributed by atoms with Crippen molar-refractivity contribution in [3.05, 3.63) is 125 Å². The van der Waals surface area contributed by atoms with E-state index in [1.165, 1.54) is 30.2 Å². The van der Waals surface area contributed by atoms with Crippen molar-refractivity contribution in [2.75, 3.05) is 49.0 Å². The van der Waals surface area contributed by atoms with Crippen LogP contribution >= 0.6 is 23.4 Å². The number of thioether (sulfide) groups is 1. The predicted molar refractivity (Wildman–Crippen MR) is 249 cm³/mol. The highest BCUT2D eigenvalue weighted by atomic mass is 35.5. The van der Waals surface area contributed by atoms with Gasteiger partial charge in [-0.25, -0.2) is 31.2 Å². The lowest BCUT2D eigenvalue weighted by atomic mass is 9.96. The monoisotopic (exact) mass is 974 g/mol. The van der Waals surface area contributed by atoms with Gasteiger partial charge in [-0.1, -0.05) is 48.0 Å². The Morgan fingerprint density at radius 3 is 2.37 bits per heavy atom. The first-order valence-electron chi connectivity index (χ1n) is 21.7. The summed E-state index contributed by atoms with van der Waals surface area (Å²) in [5.41, 5.74) is -2.51. The molecule has 19 heteroatoms. The number of alkyl halides is 3. The molecule has 348 valence electrons. The first-order chi connectivity index (χ1) is 31.2. The van der Waals surface area contributed by atoms with Crippen molar-refractivity contribution in [2.45, 2.75) is 90.9 Å². The second-order valence-corrected chi connectivity index (χ2v) is 21.6. The zero-order valence-corrected chi connectivity index (χ0v) is 39.4. The maximum absolute atomic E-state index is 14.5. The van der Waals surface area contributed by atoms with Gasteiger partial charge in [0.25, 0.3) is 19.9 Å². The number of hydrogen-bond donors (Lipinski definition) is 2. The van der Waals surface area contributed by atoms with Gasteiger partial charge >= 0.3 is 5.51 Å². The molecule has 1 aromatic heterocycles. The van der Waals surface area contributed by atoms with E-state index in [4.69, 9.17) is 11.6 Å². The summed E-state index contributed by atoms with van der Waals surface area (Å²) in [6.45, 7) is 6.77. The Kier molecular flexibility index (Phi) is 15.0. The number of aromatic nitrogens is 2. The van der Waals surface area contributed by atoms with E-state index in [1.807, 2.05) is 68.3 Å². The molecule has 3 heterocycles. The summed E-state index contributed by atoms with van der Waals surface area (Å²) in [5, 5.41) is 3.62. The van der Waals surface area contributed by atoms with E-state index in [2.05, 4.69) is 29.8 Å². The smallest absolute Gasteiger partial charge is 0.380 e. The van der Waals surface area contributed by atoms with Gasteiger partial charge in [0.2, 0.25) is 0 Å². The summed E-state index contributed by atoms with van der Waals surface area (Å²) in [7, 11) is -8.82. The Hall–Kier alpha value is -4.30. The number of rotatable bonds is 17. The van der Waals surface area contributed by atoms with Crippen molar-refractivity contribution in [2.24, 2.45) is 0 Å². The van der Waals surface area contributed by atoms with Gasteiger partial charge in [0.15, 0.2) is 0 Å². The molecule has 65 heavy (non-hydrogen) atoms. The van der Waals surface area contributed by atoms with Crippen LogP contribution in [-0.4, -0.2) is 104 Å². The summed E-state index contributed by atoms with van der Waals surface area (Å²) in [6.07, 6.45) is 2.84. The number of halogens is 5. The first-order valence-corrected chi connectivity index (χ1v) is 25.5. The van der Waals surface area contributed by atoms with E-state index >= 15 is 0 Å². The lowest BCUT2D eigenvalue weighted by Gasteiger charge is -2.40. The van der Waals surface area contributed by atoms with Gasteiger partial charge in [-0.3, -0.25) is 14.5 Å². The van der Waals surface area contributed by atoms with Gasteiger partial charge in [0, 0.05) is 66.9 Å². The molecular weight excluding hydrogens is 922 g/mol. The van der Waals surface area contributed by atoms with Crippen LogP contribution in [-0.2, 0) is 39.4 Å². The van der Waals surface area contributed by atoms with E-state index in [0.29, 0.717) is 80.1 Å². The molecule has 4 aromatic carbocycles.